The van der Waals surface area contributed by atoms with E-state index in [9.17, 15) is 5.11 Å². The highest BCUT2D eigenvalue weighted by molar-refractivity contribution is 5.36. The van der Waals surface area contributed by atoms with Gasteiger partial charge >= 0.3 is 0 Å². The van der Waals surface area contributed by atoms with E-state index in [2.05, 4.69) is 11.8 Å². The van der Waals surface area contributed by atoms with Gasteiger partial charge in [0.2, 0.25) is 0 Å². The first-order valence-corrected chi connectivity index (χ1v) is 7.65. The van der Waals surface area contributed by atoms with Crippen molar-refractivity contribution in [1.82, 2.24) is 4.90 Å². The Kier molecular flexibility index (Phi) is 5.44. The summed E-state index contributed by atoms with van der Waals surface area (Å²) in [6.45, 7) is 7.68. The maximum Gasteiger partial charge on any atom is 0.121 e. The van der Waals surface area contributed by atoms with Crippen LogP contribution in [0.25, 0.3) is 0 Å². The molecule has 0 bridgehead atoms. The Hall–Kier alpha value is -1.06. The minimum absolute atomic E-state index is 0.376. The van der Waals surface area contributed by atoms with Gasteiger partial charge in [-0.3, -0.25) is 0 Å². The van der Waals surface area contributed by atoms with E-state index < -0.39 is 0 Å². The lowest BCUT2D eigenvalue weighted by atomic mass is 9.98. The first-order valence-electron chi connectivity index (χ1n) is 7.65. The molecule has 1 unspecified atom stereocenters. The number of hydrogen-bond acceptors (Lipinski definition) is 3. The van der Waals surface area contributed by atoms with E-state index in [4.69, 9.17) is 4.74 Å². The largest absolute Gasteiger partial charge is 0.496 e. The van der Waals surface area contributed by atoms with Crippen LogP contribution in [0, 0.1) is 12.8 Å². The summed E-state index contributed by atoms with van der Waals surface area (Å²) in [4.78, 5) is 2.47. The zero-order valence-corrected chi connectivity index (χ0v) is 12.9. The topological polar surface area (TPSA) is 32.7 Å². The highest BCUT2D eigenvalue weighted by Gasteiger charge is 2.17. The van der Waals surface area contributed by atoms with Gasteiger partial charge in [0.05, 0.1) is 13.2 Å². The predicted octanol–water partition coefficient (Wildman–Crippen LogP) is 3.16. The molecule has 3 nitrogen and oxygen atoms in total. The Labute approximate surface area is 122 Å². The number of benzene rings is 1. The van der Waals surface area contributed by atoms with Gasteiger partial charge in [-0.2, -0.15) is 0 Å². The molecule has 1 aromatic rings. The predicted molar refractivity (Wildman–Crippen MR) is 82.1 cm³/mol. The van der Waals surface area contributed by atoms with Crippen LogP contribution in [0.4, 0.5) is 0 Å². The van der Waals surface area contributed by atoms with Crippen molar-refractivity contribution < 1.29 is 9.84 Å². The number of piperidine rings is 1. The molecular formula is C17H27NO2. The number of rotatable bonds is 5. The Balaban J connectivity index is 1.85. The van der Waals surface area contributed by atoms with E-state index in [-0.39, 0.29) is 6.10 Å². The number of likely N-dealkylation sites (tertiary alicyclic amines) is 1. The normalized spacial score (nSPS) is 19.0. The van der Waals surface area contributed by atoms with E-state index in [1.54, 1.807) is 7.11 Å². The average Bonchev–Trinajstić information content (AvgIpc) is 2.46. The third-order valence-electron chi connectivity index (χ3n) is 4.40. The number of aliphatic hydroxyl groups excluding tert-OH is 1. The zero-order chi connectivity index (χ0) is 14.5. The van der Waals surface area contributed by atoms with Gasteiger partial charge in [0.15, 0.2) is 0 Å². The molecule has 1 aliphatic rings. The summed E-state index contributed by atoms with van der Waals surface area (Å²) in [7, 11) is 1.68. The minimum Gasteiger partial charge on any atom is -0.496 e. The fraction of sp³-hybridized carbons (Fsp3) is 0.647. The standard InChI is InChI=1S/C17H27NO2/c1-13-6-9-18(10-7-13)11-8-16(19)15-4-5-17(20-3)14(2)12-15/h4-5,12-13,16,19H,6-11H2,1-3H3. The van der Waals surface area contributed by atoms with E-state index in [1.165, 1.54) is 25.9 Å². The third kappa shape index (κ3) is 3.97. The van der Waals surface area contributed by atoms with Gasteiger partial charge in [-0.1, -0.05) is 13.0 Å². The number of aryl methyl sites for hydroxylation is 1. The number of aliphatic hydroxyl groups is 1. The van der Waals surface area contributed by atoms with Crippen LogP contribution in [0.15, 0.2) is 18.2 Å². The van der Waals surface area contributed by atoms with Gasteiger partial charge in [-0.05, 0) is 68.5 Å². The molecule has 0 saturated carbocycles. The molecule has 112 valence electrons. The van der Waals surface area contributed by atoms with Crippen molar-refractivity contribution in [1.29, 1.82) is 0 Å². The van der Waals surface area contributed by atoms with Crippen LogP contribution in [-0.2, 0) is 0 Å². The molecule has 1 aliphatic heterocycles. The molecule has 0 amide bonds. The molecule has 1 heterocycles. The Morgan fingerprint density at radius 1 is 1.35 bits per heavy atom. The van der Waals surface area contributed by atoms with Crippen molar-refractivity contribution in [2.75, 3.05) is 26.7 Å². The Morgan fingerprint density at radius 3 is 2.65 bits per heavy atom. The number of ether oxygens (including phenoxy) is 1. The SMILES string of the molecule is COc1ccc(C(O)CCN2CCC(C)CC2)cc1C. The Morgan fingerprint density at radius 2 is 2.05 bits per heavy atom. The molecular weight excluding hydrogens is 250 g/mol. The molecule has 3 heteroatoms. The van der Waals surface area contributed by atoms with Crippen molar-refractivity contribution in [3.05, 3.63) is 29.3 Å². The quantitative estimate of drug-likeness (QED) is 0.897. The van der Waals surface area contributed by atoms with Crippen molar-refractivity contribution in [3.8, 4) is 5.75 Å². The van der Waals surface area contributed by atoms with Gasteiger partial charge in [-0.15, -0.1) is 0 Å². The molecule has 1 N–H and O–H groups in total. The first kappa shape index (κ1) is 15.3. The molecule has 2 rings (SSSR count). The summed E-state index contributed by atoms with van der Waals surface area (Å²) >= 11 is 0. The Bertz CT molecular complexity index is 425. The van der Waals surface area contributed by atoms with E-state index in [1.807, 2.05) is 25.1 Å². The molecule has 1 atom stereocenters. The molecule has 1 fully saturated rings. The monoisotopic (exact) mass is 277 g/mol. The van der Waals surface area contributed by atoms with Crippen molar-refractivity contribution >= 4 is 0 Å². The van der Waals surface area contributed by atoms with Crippen LogP contribution >= 0.6 is 0 Å². The summed E-state index contributed by atoms with van der Waals surface area (Å²) in [5.74, 6) is 1.74. The summed E-state index contributed by atoms with van der Waals surface area (Å²) in [5, 5.41) is 10.3. The lowest BCUT2D eigenvalue weighted by Gasteiger charge is -2.30. The molecule has 0 spiro atoms. The first-order chi connectivity index (χ1) is 9.60. The van der Waals surface area contributed by atoms with E-state index >= 15 is 0 Å². The molecule has 0 radical (unpaired) electrons. The van der Waals surface area contributed by atoms with Crippen LogP contribution in [0.1, 0.15) is 43.4 Å². The van der Waals surface area contributed by atoms with Crippen LogP contribution in [0.3, 0.4) is 0 Å². The fourth-order valence-electron chi connectivity index (χ4n) is 2.87. The van der Waals surface area contributed by atoms with Crippen molar-refractivity contribution in [2.45, 2.75) is 39.2 Å². The fourth-order valence-corrected chi connectivity index (χ4v) is 2.87. The molecule has 20 heavy (non-hydrogen) atoms. The molecule has 1 saturated heterocycles. The van der Waals surface area contributed by atoms with Crippen LogP contribution in [-0.4, -0.2) is 36.8 Å². The molecule has 0 aliphatic carbocycles. The summed E-state index contributed by atoms with van der Waals surface area (Å²) < 4.78 is 5.26. The second-order valence-electron chi connectivity index (χ2n) is 6.06. The van der Waals surface area contributed by atoms with Gasteiger partial charge < -0.3 is 14.7 Å². The van der Waals surface area contributed by atoms with Crippen molar-refractivity contribution in [3.63, 3.8) is 0 Å². The zero-order valence-electron chi connectivity index (χ0n) is 12.9. The lowest BCUT2D eigenvalue weighted by Crippen LogP contribution is -2.34. The van der Waals surface area contributed by atoms with Gasteiger partial charge in [0.1, 0.15) is 5.75 Å². The number of nitrogens with zero attached hydrogens (tertiary/aromatic N) is 1. The second kappa shape index (κ2) is 7.09. The maximum atomic E-state index is 10.3. The van der Waals surface area contributed by atoms with Gasteiger partial charge in [0, 0.05) is 6.54 Å². The van der Waals surface area contributed by atoms with Crippen molar-refractivity contribution in [2.24, 2.45) is 5.92 Å². The highest BCUT2D eigenvalue weighted by Crippen LogP contribution is 2.25. The maximum absolute atomic E-state index is 10.3. The van der Waals surface area contributed by atoms with Crippen LogP contribution < -0.4 is 4.74 Å². The minimum atomic E-state index is -0.376. The van der Waals surface area contributed by atoms with Gasteiger partial charge in [-0.25, -0.2) is 0 Å². The summed E-state index contributed by atoms with van der Waals surface area (Å²) in [5.41, 5.74) is 2.07. The van der Waals surface area contributed by atoms with Gasteiger partial charge in [0.25, 0.3) is 0 Å². The third-order valence-corrected chi connectivity index (χ3v) is 4.40. The number of methoxy groups -OCH3 is 1. The summed E-state index contributed by atoms with van der Waals surface area (Å²) in [6.07, 6.45) is 3.01. The van der Waals surface area contributed by atoms with Crippen LogP contribution in [0.2, 0.25) is 0 Å². The summed E-state index contributed by atoms with van der Waals surface area (Å²) in [6, 6.07) is 5.94. The average molecular weight is 277 g/mol. The van der Waals surface area contributed by atoms with E-state index in [0.717, 1.165) is 35.8 Å². The molecule has 1 aromatic carbocycles. The lowest BCUT2D eigenvalue weighted by molar-refractivity contribution is 0.125. The van der Waals surface area contributed by atoms with Crippen LogP contribution in [0.5, 0.6) is 5.75 Å². The number of hydrogen-bond donors (Lipinski definition) is 1. The molecule has 0 aromatic heterocycles. The highest BCUT2D eigenvalue weighted by atomic mass is 16.5. The smallest absolute Gasteiger partial charge is 0.121 e. The van der Waals surface area contributed by atoms with E-state index in [0.29, 0.717) is 0 Å². The second-order valence-corrected chi connectivity index (χ2v) is 6.06.